The van der Waals surface area contributed by atoms with Gasteiger partial charge in [0.05, 0.1) is 11.4 Å². The van der Waals surface area contributed by atoms with Crippen LogP contribution in [0.3, 0.4) is 0 Å². The van der Waals surface area contributed by atoms with E-state index in [2.05, 4.69) is 10.6 Å². The molecular weight excluding hydrogens is 292 g/mol. The van der Waals surface area contributed by atoms with Crippen LogP contribution in [0.15, 0.2) is 48.0 Å². The second kappa shape index (κ2) is 4.78. The van der Waals surface area contributed by atoms with Gasteiger partial charge in [-0.3, -0.25) is 4.79 Å². The molecule has 0 saturated heterocycles. The smallest absolute Gasteiger partial charge is 0.229 e. The quantitative estimate of drug-likeness (QED) is 0.753. The zero-order valence-electron chi connectivity index (χ0n) is 12.8. The number of hydrogen-bond acceptors (Lipinski definition) is 5. The lowest BCUT2D eigenvalue weighted by Gasteiger charge is -2.21. The predicted molar refractivity (Wildman–Crippen MR) is 87.1 cm³/mol. The fourth-order valence-corrected chi connectivity index (χ4v) is 2.87. The Bertz CT molecular complexity index is 871. The van der Waals surface area contributed by atoms with Gasteiger partial charge in [0.15, 0.2) is 6.10 Å². The number of ketones is 1. The van der Waals surface area contributed by atoms with E-state index in [0.29, 0.717) is 17.1 Å². The lowest BCUT2D eigenvalue weighted by atomic mass is 10.0. The van der Waals surface area contributed by atoms with E-state index in [4.69, 9.17) is 4.74 Å². The maximum atomic E-state index is 12.6. The van der Waals surface area contributed by atoms with E-state index in [1.165, 1.54) is 0 Å². The molecule has 0 aromatic heterocycles. The topological polar surface area (TPSA) is 70.6 Å². The summed E-state index contributed by atoms with van der Waals surface area (Å²) < 4.78 is 5.79. The van der Waals surface area contributed by atoms with Gasteiger partial charge in [0.25, 0.3) is 0 Å². The summed E-state index contributed by atoms with van der Waals surface area (Å²) in [5.74, 6) is 0.389. The van der Waals surface area contributed by atoms with Crippen LogP contribution in [0.4, 0.5) is 11.4 Å². The number of hydrogen-bond donors (Lipinski definition) is 3. The van der Waals surface area contributed by atoms with E-state index in [-0.39, 0.29) is 11.5 Å². The molecule has 0 spiro atoms. The zero-order valence-corrected chi connectivity index (χ0v) is 12.8. The van der Waals surface area contributed by atoms with Crippen LogP contribution in [0, 0.1) is 13.8 Å². The summed E-state index contributed by atoms with van der Waals surface area (Å²) in [6.07, 6.45) is -0.747. The number of rotatable bonds is 1. The maximum absolute atomic E-state index is 12.6. The number of aryl methyl sites for hydroxylation is 2. The molecule has 0 fully saturated rings. The number of carbonyl (C=O) groups excluding carboxylic acids is 1. The average Bonchev–Trinajstić information content (AvgIpc) is 2.83. The third-order valence-electron chi connectivity index (χ3n) is 4.26. The van der Waals surface area contributed by atoms with Gasteiger partial charge in [-0.15, -0.1) is 0 Å². The first-order valence-electron chi connectivity index (χ1n) is 7.42. The van der Waals surface area contributed by atoms with E-state index in [1.807, 2.05) is 26.0 Å². The molecule has 0 radical (unpaired) electrons. The standard InChI is InChI=1S/C18H16N2O3/c1-9-6-13-14(7-10(9)2)20-18-15(19-13)16(22)17(23-18)11-4-3-5-12(21)8-11/h3-8,17,19-21H,1-2H3. The van der Waals surface area contributed by atoms with Gasteiger partial charge in [0.2, 0.25) is 11.7 Å². The Morgan fingerprint density at radius 2 is 1.74 bits per heavy atom. The normalized spacial score (nSPS) is 18.7. The van der Waals surface area contributed by atoms with Crippen molar-refractivity contribution < 1.29 is 14.6 Å². The van der Waals surface area contributed by atoms with Crippen molar-refractivity contribution >= 4 is 17.2 Å². The molecule has 5 nitrogen and oxygen atoms in total. The summed E-state index contributed by atoms with van der Waals surface area (Å²) in [6, 6.07) is 10.6. The van der Waals surface area contributed by atoms with Crippen LogP contribution in [0.25, 0.3) is 0 Å². The van der Waals surface area contributed by atoms with E-state index in [0.717, 1.165) is 22.5 Å². The number of nitrogens with one attached hydrogen (secondary N) is 2. The fourth-order valence-electron chi connectivity index (χ4n) is 2.87. The number of ether oxygens (including phenoxy) is 1. The first kappa shape index (κ1) is 13.7. The molecule has 4 rings (SSSR count). The van der Waals surface area contributed by atoms with Crippen molar-refractivity contribution in [2.24, 2.45) is 0 Å². The largest absolute Gasteiger partial charge is 0.508 e. The zero-order chi connectivity index (χ0) is 16.1. The minimum absolute atomic E-state index is 0.110. The van der Waals surface area contributed by atoms with Crippen molar-refractivity contribution in [3.05, 3.63) is 64.7 Å². The van der Waals surface area contributed by atoms with Crippen LogP contribution in [0.1, 0.15) is 22.8 Å². The van der Waals surface area contributed by atoms with Crippen molar-refractivity contribution in [2.75, 3.05) is 10.6 Å². The lowest BCUT2D eigenvalue weighted by molar-refractivity contribution is -0.121. The van der Waals surface area contributed by atoms with Crippen molar-refractivity contribution in [3.8, 4) is 5.75 Å². The number of benzene rings is 2. The van der Waals surface area contributed by atoms with Crippen molar-refractivity contribution in [1.29, 1.82) is 0 Å². The first-order valence-corrected chi connectivity index (χ1v) is 7.42. The van der Waals surface area contributed by atoms with E-state index in [1.54, 1.807) is 24.3 Å². The molecule has 0 bridgehead atoms. The van der Waals surface area contributed by atoms with Gasteiger partial charge >= 0.3 is 0 Å². The van der Waals surface area contributed by atoms with Crippen LogP contribution in [-0.4, -0.2) is 10.9 Å². The third-order valence-corrected chi connectivity index (χ3v) is 4.26. The molecule has 3 N–H and O–H groups in total. The molecule has 5 heteroatoms. The molecule has 2 aliphatic rings. The second-order valence-electron chi connectivity index (χ2n) is 5.89. The fraction of sp³-hybridized carbons (Fsp3) is 0.167. The molecule has 2 aromatic rings. The number of fused-ring (bicyclic) bond motifs is 1. The Labute approximate surface area is 133 Å². The molecule has 2 aliphatic heterocycles. The van der Waals surface area contributed by atoms with Gasteiger partial charge in [-0.25, -0.2) is 0 Å². The van der Waals surface area contributed by atoms with Crippen LogP contribution in [0.2, 0.25) is 0 Å². The van der Waals surface area contributed by atoms with Gasteiger partial charge in [-0.05, 0) is 49.2 Å². The SMILES string of the molecule is Cc1cc2c(cc1C)NC1=C(N2)OC(c2cccc(O)c2)C1=O. The van der Waals surface area contributed by atoms with E-state index >= 15 is 0 Å². The van der Waals surface area contributed by atoms with Gasteiger partial charge in [0, 0.05) is 5.56 Å². The van der Waals surface area contributed by atoms with Gasteiger partial charge in [-0.2, -0.15) is 0 Å². The van der Waals surface area contributed by atoms with Crippen molar-refractivity contribution in [3.63, 3.8) is 0 Å². The Kier molecular flexibility index (Phi) is 2.84. The highest BCUT2D eigenvalue weighted by molar-refractivity contribution is 6.06. The van der Waals surface area contributed by atoms with Crippen molar-refractivity contribution in [1.82, 2.24) is 0 Å². The molecule has 1 atom stereocenters. The maximum Gasteiger partial charge on any atom is 0.229 e. The summed E-state index contributed by atoms with van der Waals surface area (Å²) in [7, 11) is 0. The third kappa shape index (κ3) is 2.12. The number of phenolic OH excluding ortho intramolecular Hbond substituents is 1. The minimum atomic E-state index is -0.747. The molecule has 2 aromatic carbocycles. The predicted octanol–water partition coefficient (Wildman–Crippen LogP) is 3.36. The molecule has 0 amide bonds. The van der Waals surface area contributed by atoms with E-state index < -0.39 is 6.10 Å². The Morgan fingerprint density at radius 1 is 1.04 bits per heavy atom. The average molecular weight is 308 g/mol. The minimum Gasteiger partial charge on any atom is -0.508 e. The number of phenols is 1. The molecule has 2 heterocycles. The highest BCUT2D eigenvalue weighted by atomic mass is 16.5. The summed E-state index contributed by atoms with van der Waals surface area (Å²) in [5, 5.41) is 16.0. The molecule has 23 heavy (non-hydrogen) atoms. The van der Waals surface area contributed by atoms with Crippen LogP contribution >= 0.6 is 0 Å². The summed E-state index contributed by atoms with van der Waals surface area (Å²) in [6.45, 7) is 4.07. The summed E-state index contributed by atoms with van der Waals surface area (Å²) >= 11 is 0. The molecule has 116 valence electrons. The number of carbonyl (C=O) groups is 1. The lowest BCUT2D eigenvalue weighted by Crippen LogP contribution is -2.18. The highest BCUT2D eigenvalue weighted by Gasteiger charge is 2.39. The molecule has 1 unspecified atom stereocenters. The van der Waals surface area contributed by atoms with Crippen LogP contribution in [-0.2, 0) is 9.53 Å². The number of aromatic hydroxyl groups is 1. The summed E-state index contributed by atoms with van der Waals surface area (Å²) in [5.41, 5.74) is 5.11. The molecule has 0 saturated carbocycles. The van der Waals surface area contributed by atoms with Crippen LogP contribution in [0.5, 0.6) is 5.75 Å². The summed E-state index contributed by atoms with van der Waals surface area (Å²) in [4.78, 5) is 12.6. The van der Waals surface area contributed by atoms with Crippen molar-refractivity contribution in [2.45, 2.75) is 20.0 Å². The Hall–Kier alpha value is -2.95. The molecular formula is C18H16N2O3. The Balaban J connectivity index is 1.68. The van der Waals surface area contributed by atoms with Crippen LogP contribution < -0.4 is 10.6 Å². The second-order valence-corrected chi connectivity index (χ2v) is 5.89. The highest BCUT2D eigenvalue weighted by Crippen LogP contribution is 2.40. The first-order chi connectivity index (χ1) is 11.0. The van der Waals surface area contributed by atoms with Gasteiger partial charge in [-0.1, -0.05) is 12.1 Å². The van der Waals surface area contributed by atoms with Gasteiger partial charge in [0.1, 0.15) is 11.4 Å². The number of anilines is 2. The number of Topliss-reactive ketones (excluding diaryl/α,β-unsaturated/α-hetero) is 1. The molecule has 0 aliphatic carbocycles. The monoisotopic (exact) mass is 308 g/mol. The Morgan fingerprint density at radius 3 is 2.43 bits per heavy atom. The van der Waals surface area contributed by atoms with E-state index in [9.17, 15) is 9.90 Å². The van der Waals surface area contributed by atoms with Gasteiger partial charge < -0.3 is 20.5 Å².